The van der Waals surface area contributed by atoms with E-state index in [9.17, 15) is 4.79 Å². The summed E-state index contributed by atoms with van der Waals surface area (Å²) in [6.45, 7) is 4.79. The van der Waals surface area contributed by atoms with Crippen molar-refractivity contribution in [1.82, 2.24) is 5.32 Å². The van der Waals surface area contributed by atoms with Crippen LogP contribution in [0.4, 0.5) is 0 Å². The largest absolute Gasteiger partial charge is 0.396 e. The Bertz CT molecular complexity index is 197. The average Bonchev–Trinajstić information content (AvgIpc) is 2.25. The van der Waals surface area contributed by atoms with Gasteiger partial charge >= 0.3 is 0 Å². The van der Waals surface area contributed by atoms with E-state index in [1.54, 1.807) is 0 Å². The second-order valence-corrected chi connectivity index (χ2v) is 4.54. The van der Waals surface area contributed by atoms with E-state index in [-0.39, 0.29) is 18.1 Å². The van der Waals surface area contributed by atoms with Gasteiger partial charge < -0.3 is 16.2 Å². The lowest BCUT2D eigenvalue weighted by molar-refractivity contribution is -0.123. The Morgan fingerprint density at radius 2 is 2.06 bits per heavy atom. The van der Waals surface area contributed by atoms with Crippen molar-refractivity contribution in [1.29, 1.82) is 0 Å². The first kappa shape index (κ1) is 15.4. The summed E-state index contributed by atoms with van der Waals surface area (Å²) in [5.74, 6) is 0.0785. The van der Waals surface area contributed by atoms with E-state index in [2.05, 4.69) is 5.32 Å². The Hall–Kier alpha value is -0.610. The third-order valence-electron chi connectivity index (χ3n) is 2.99. The molecule has 96 valence electrons. The van der Waals surface area contributed by atoms with Crippen molar-refractivity contribution in [3.63, 3.8) is 0 Å². The number of hydrogen-bond donors (Lipinski definition) is 3. The van der Waals surface area contributed by atoms with Crippen LogP contribution in [0.15, 0.2) is 0 Å². The highest BCUT2D eigenvalue weighted by Gasteiger charge is 2.22. The van der Waals surface area contributed by atoms with Crippen molar-refractivity contribution in [2.24, 2.45) is 5.73 Å². The molecule has 4 nitrogen and oxygen atoms in total. The highest BCUT2D eigenvalue weighted by atomic mass is 16.3. The molecule has 0 saturated carbocycles. The first-order valence-electron chi connectivity index (χ1n) is 6.20. The molecule has 0 rings (SSSR count). The van der Waals surface area contributed by atoms with E-state index >= 15 is 0 Å². The van der Waals surface area contributed by atoms with E-state index in [1.165, 1.54) is 0 Å². The van der Waals surface area contributed by atoms with Gasteiger partial charge in [-0.1, -0.05) is 13.3 Å². The summed E-state index contributed by atoms with van der Waals surface area (Å²) < 4.78 is 0. The number of rotatable bonds is 9. The molecule has 0 aromatic rings. The Morgan fingerprint density at radius 3 is 2.56 bits per heavy atom. The molecular formula is C12H26N2O2. The van der Waals surface area contributed by atoms with Gasteiger partial charge in [-0.05, 0) is 39.2 Å². The summed E-state index contributed by atoms with van der Waals surface area (Å²) in [6.07, 6.45) is 4.88. The number of aliphatic hydroxyl groups excluding tert-OH is 1. The summed E-state index contributed by atoms with van der Waals surface area (Å²) in [4.78, 5) is 11.6. The highest BCUT2D eigenvalue weighted by Crippen LogP contribution is 2.14. The zero-order valence-electron chi connectivity index (χ0n) is 10.6. The van der Waals surface area contributed by atoms with Gasteiger partial charge in [0.15, 0.2) is 0 Å². The van der Waals surface area contributed by atoms with E-state index < -0.39 is 0 Å². The summed E-state index contributed by atoms with van der Waals surface area (Å²) in [7, 11) is 0. The molecule has 0 aromatic heterocycles. The van der Waals surface area contributed by atoms with Crippen molar-refractivity contribution in [3.05, 3.63) is 0 Å². The Balaban J connectivity index is 3.82. The molecule has 0 bridgehead atoms. The lowest BCUT2D eigenvalue weighted by atomic mass is 9.94. The zero-order chi connectivity index (χ0) is 12.4. The van der Waals surface area contributed by atoms with E-state index in [0.29, 0.717) is 19.4 Å². The van der Waals surface area contributed by atoms with E-state index in [1.807, 2.05) is 13.8 Å². The Kier molecular flexibility index (Phi) is 8.21. The van der Waals surface area contributed by atoms with Gasteiger partial charge in [-0.25, -0.2) is 0 Å². The molecular weight excluding hydrogens is 204 g/mol. The lowest BCUT2D eigenvalue weighted by Crippen LogP contribution is -2.46. The Labute approximate surface area is 98.6 Å². The predicted molar refractivity (Wildman–Crippen MR) is 66.1 cm³/mol. The summed E-state index contributed by atoms with van der Waals surface area (Å²) in [5, 5.41) is 11.9. The molecule has 4 N–H and O–H groups in total. The molecule has 0 aromatic carbocycles. The number of aliphatic hydroxyl groups is 1. The van der Waals surface area contributed by atoms with Crippen LogP contribution >= 0.6 is 0 Å². The van der Waals surface area contributed by atoms with E-state index in [4.69, 9.17) is 10.8 Å². The van der Waals surface area contributed by atoms with Gasteiger partial charge in [0.05, 0.1) is 0 Å². The minimum absolute atomic E-state index is 0.0785. The lowest BCUT2D eigenvalue weighted by Gasteiger charge is -2.29. The van der Waals surface area contributed by atoms with Gasteiger partial charge in [0, 0.05) is 18.6 Å². The molecule has 0 aliphatic rings. The fourth-order valence-electron chi connectivity index (χ4n) is 1.58. The molecule has 1 unspecified atom stereocenters. The van der Waals surface area contributed by atoms with Crippen LogP contribution in [0.3, 0.4) is 0 Å². The third-order valence-corrected chi connectivity index (χ3v) is 2.99. The van der Waals surface area contributed by atoms with Crippen molar-refractivity contribution in [3.8, 4) is 0 Å². The molecule has 1 amide bonds. The number of amides is 1. The smallest absolute Gasteiger partial charge is 0.220 e. The summed E-state index contributed by atoms with van der Waals surface area (Å²) >= 11 is 0. The number of nitrogens with one attached hydrogen (secondary N) is 1. The maximum atomic E-state index is 11.6. The molecule has 0 spiro atoms. The average molecular weight is 230 g/mol. The van der Waals surface area contributed by atoms with Gasteiger partial charge in [0.25, 0.3) is 0 Å². The Morgan fingerprint density at radius 1 is 1.38 bits per heavy atom. The predicted octanol–water partition coefficient (Wildman–Crippen LogP) is 1.17. The van der Waals surface area contributed by atoms with Crippen LogP contribution in [0, 0.1) is 0 Å². The molecule has 16 heavy (non-hydrogen) atoms. The van der Waals surface area contributed by atoms with Gasteiger partial charge in [0.2, 0.25) is 5.91 Å². The van der Waals surface area contributed by atoms with Crippen LogP contribution in [0.25, 0.3) is 0 Å². The van der Waals surface area contributed by atoms with Crippen LogP contribution < -0.4 is 11.1 Å². The number of hydrogen-bond acceptors (Lipinski definition) is 3. The molecule has 4 heteroatoms. The molecule has 1 atom stereocenters. The van der Waals surface area contributed by atoms with Gasteiger partial charge in [-0.3, -0.25) is 4.79 Å². The number of carbonyl (C=O) groups is 1. The van der Waals surface area contributed by atoms with Gasteiger partial charge in [-0.2, -0.15) is 0 Å². The zero-order valence-corrected chi connectivity index (χ0v) is 10.6. The van der Waals surface area contributed by atoms with Crippen molar-refractivity contribution in [2.75, 3.05) is 13.2 Å². The van der Waals surface area contributed by atoms with Gasteiger partial charge in [-0.15, -0.1) is 0 Å². The van der Waals surface area contributed by atoms with Crippen LogP contribution in [0.5, 0.6) is 0 Å². The monoisotopic (exact) mass is 230 g/mol. The number of carbonyl (C=O) groups excluding carboxylic acids is 1. The summed E-state index contributed by atoms with van der Waals surface area (Å²) in [5.41, 5.74) is 5.12. The normalized spacial score (nSPS) is 14.5. The first-order chi connectivity index (χ1) is 7.58. The number of unbranched alkanes of at least 4 members (excludes halogenated alkanes) is 2. The SMILES string of the molecule is CCC(C)(CCO)NC(=O)CCCCCN. The van der Waals surface area contributed by atoms with Gasteiger partial charge in [0.1, 0.15) is 0 Å². The standard InChI is InChI=1S/C12H26N2O2/c1-3-12(2,8-10-15)14-11(16)7-5-4-6-9-13/h15H,3-10,13H2,1-2H3,(H,14,16). The minimum Gasteiger partial charge on any atom is -0.396 e. The highest BCUT2D eigenvalue weighted by molar-refractivity contribution is 5.76. The van der Waals surface area contributed by atoms with Crippen LogP contribution in [-0.2, 0) is 4.79 Å². The molecule has 0 aliphatic heterocycles. The second kappa shape index (κ2) is 8.53. The van der Waals surface area contributed by atoms with Crippen LogP contribution in [0.2, 0.25) is 0 Å². The van der Waals surface area contributed by atoms with Crippen molar-refractivity contribution in [2.45, 2.75) is 57.9 Å². The molecule has 0 saturated heterocycles. The summed E-state index contributed by atoms with van der Waals surface area (Å²) in [6, 6.07) is 0. The molecule has 0 radical (unpaired) electrons. The topological polar surface area (TPSA) is 75.3 Å². The third kappa shape index (κ3) is 6.80. The van der Waals surface area contributed by atoms with Crippen molar-refractivity contribution < 1.29 is 9.90 Å². The van der Waals surface area contributed by atoms with Crippen molar-refractivity contribution >= 4 is 5.91 Å². The molecule has 0 heterocycles. The fourth-order valence-corrected chi connectivity index (χ4v) is 1.58. The number of nitrogens with two attached hydrogens (primary N) is 1. The van der Waals surface area contributed by atoms with Crippen LogP contribution in [0.1, 0.15) is 52.4 Å². The van der Waals surface area contributed by atoms with Crippen LogP contribution in [-0.4, -0.2) is 29.7 Å². The second-order valence-electron chi connectivity index (χ2n) is 4.54. The molecule has 0 fully saturated rings. The van der Waals surface area contributed by atoms with E-state index in [0.717, 1.165) is 25.7 Å². The maximum absolute atomic E-state index is 11.6. The molecule has 0 aliphatic carbocycles. The fraction of sp³-hybridized carbons (Fsp3) is 0.917. The maximum Gasteiger partial charge on any atom is 0.220 e. The first-order valence-corrected chi connectivity index (χ1v) is 6.20. The minimum atomic E-state index is -0.264. The quantitative estimate of drug-likeness (QED) is 0.520.